The molecular weight excluding hydrogens is 192 g/mol. The van der Waals surface area contributed by atoms with Crippen molar-refractivity contribution in [2.24, 2.45) is 0 Å². The Morgan fingerprint density at radius 3 is 3.08 bits per heavy atom. The third kappa shape index (κ3) is 0.983. The molecule has 2 heterocycles. The molecule has 0 N–H and O–H groups in total. The van der Waals surface area contributed by atoms with Gasteiger partial charge in [-0.05, 0) is 13.3 Å². The SMILES string of the molecule is C[C@H]1CC=C2C=C[S+]=C2S1(=O)=O. The topological polar surface area (TPSA) is 34.1 Å². The van der Waals surface area contributed by atoms with Crippen molar-refractivity contribution in [2.45, 2.75) is 18.6 Å². The molecule has 0 fully saturated rings. The molecular formula is C8H9O2S2+. The number of rotatable bonds is 0. The quantitative estimate of drug-likeness (QED) is 0.430. The minimum atomic E-state index is -2.99. The van der Waals surface area contributed by atoms with Crippen LogP contribution in [0.3, 0.4) is 0 Å². The Hall–Kier alpha value is -0.480. The molecule has 0 radical (unpaired) electrons. The summed E-state index contributed by atoms with van der Waals surface area (Å²) >= 11 is 1.32. The lowest BCUT2D eigenvalue weighted by Crippen LogP contribution is -2.29. The minimum Gasteiger partial charge on any atom is -0.218 e. The van der Waals surface area contributed by atoms with Crippen LogP contribution >= 0.6 is 0 Å². The summed E-state index contributed by atoms with van der Waals surface area (Å²) in [5.41, 5.74) is 0.887. The van der Waals surface area contributed by atoms with Crippen molar-refractivity contribution in [3.63, 3.8) is 0 Å². The molecule has 64 valence electrons. The van der Waals surface area contributed by atoms with E-state index in [9.17, 15) is 8.42 Å². The molecule has 0 aromatic carbocycles. The van der Waals surface area contributed by atoms with Crippen LogP contribution in [-0.2, 0) is 21.2 Å². The first kappa shape index (κ1) is 8.13. The summed E-state index contributed by atoms with van der Waals surface area (Å²) in [6.45, 7) is 1.76. The molecule has 0 spiro atoms. The maximum atomic E-state index is 11.7. The van der Waals surface area contributed by atoms with Crippen molar-refractivity contribution in [2.75, 3.05) is 0 Å². The molecule has 0 unspecified atom stereocenters. The summed E-state index contributed by atoms with van der Waals surface area (Å²) < 4.78 is 23.9. The Balaban J connectivity index is 2.61. The average molecular weight is 201 g/mol. The first-order valence-electron chi connectivity index (χ1n) is 3.77. The van der Waals surface area contributed by atoms with Gasteiger partial charge in [0.25, 0.3) is 0 Å². The van der Waals surface area contributed by atoms with E-state index in [1.807, 2.05) is 17.6 Å². The molecule has 0 aliphatic carbocycles. The van der Waals surface area contributed by atoms with Gasteiger partial charge in [-0.15, -0.1) is 0 Å². The predicted octanol–water partition coefficient (Wildman–Crippen LogP) is 0.860. The molecule has 0 amide bonds. The molecule has 1 atom stereocenters. The largest absolute Gasteiger partial charge is 0.327 e. The first-order valence-corrected chi connectivity index (χ1v) is 6.19. The molecule has 4 heteroatoms. The Labute approximate surface area is 75.9 Å². The highest BCUT2D eigenvalue weighted by atomic mass is 32.2. The van der Waals surface area contributed by atoms with E-state index in [-0.39, 0.29) is 5.25 Å². The molecule has 0 aromatic rings. The van der Waals surface area contributed by atoms with Gasteiger partial charge in [0.05, 0.1) is 10.8 Å². The number of hydrogen-bond donors (Lipinski definition) is 0. The van der Waals surface area contributed by atoms with Gasteiger partial charge in [0, 0.05) is 6.08 Å². The van der Waals surface area contributed by atoms with Crippen LogP contribution in [0.5, 0.6) is 0 Å². The van der Waals surface area contributed by atoms with Crippen LogP contribution < -0.4 is 0 Å². The van der Waals surface area contributed by atoms with Gasteiger partial charge >= 0.3 is 4.20 Å². The van der Waals surface area contributed by atoms with Gasteiger partial charge in [-0.1, -0.05) is 6.08 Å². The second kappa shape index (κ2) is 2.50. The van der Waals surface area contributed by atoms with E-state index < -0.39 is 9.84 Å². The molecule has 2 nitrogen and oxygen atoms in total. The Bertz CT molecular complexity index is 399. The molecule has 12 heavy (non-hydrogen) atoms. The molecule has 2 aliphatic heterocycles. The van der Waals surface area contributed by atoms with E-state index in [0.717, 1.165) is 5.57 Å². The summed E-state index contributed by atoms with van der Waals surface area (Å²) in [6.07, 6.45) is 4.51. The van der Waals surface area contributed by atoms with E-state index in [2.05, 4.69) is 0 Å². The normalized spacial score (nSPS) is 30.9. The third-order valence-electron chi connectivity index (χ3n) is 2.12. The summed E-state index contributed by atoms with van der Waals surface area (Å²) in [7, 11) is -2.99. The Morgan fingerprint density at radius 1 is 1.58 bits per heavy atom. The van der Waals surface area contributed by atoms with Crippen LogP contribution in [0.25, 0.3) is 0 Å². The van der Waals surface area contributed by atoms with Crippen LogP contribution in [0.4, 0.5) is 0 Å². The van der Waals surface area contributed by atoms with Crippen LogP contribution in [0, 0.1) is 0 Å². The van der Waals surface area contributed by atoms with Crippen molar-refractivity contribution in [1.29, 1.82) is 0 Å². The zero-order valence-corrected chi connectivity index (χ0v) is 8.28. The average Bonchev–Trinajstić information content (AvgIpc) is 2.46. The highest BCUT2D eigenvalue weighted by Crippen LogP contribution is 2.24. The maximum absolute atomic E-state index is 11.7. The Morgan fingerprint density at radius 2 is 2.33 bits per heavy atom. The monoisotopic (exact) mass is 201 g/mol. The van der Waals surface area contributed by atoms with Crippen LogP contribution in [0.1, 0.15) is 13.3 Å². The molecule has 2 rings (SSSR count). The smallest absolute Gasteiger partial charge is 0.218 e. The van der Waals surface area contributed by atoms with Crippen molar-refractivity contribution >= 4 is 25.4 Å². The lowest BCUT2D eigenvalue weighted by atomic mass is 10.2. The number of allylic oxidation sites excluding steroid dienone is 2. The zero-order chi connectivity index (χ0) is 8.77. The summed E-state index contributed by atoms with van der Waals surface area (Å²) in [4.78, 5) is 0. The molecule has 0 bridgehead atoms. The highest BCUT2D eigenvalue weighted by Gasteiger charge is 2.40. The van der Waals surface area contributed by atoms with Gasteiger partial charge in [0.1, 0.15) is 0 Å². The fraction of sp³-hybridized carbons (Fsp3) is 0.375. The van der Waals surface area contributed by atoms with E-state index in [4.69, 9.17) is 0 Å². The summed E-state index contributed by atoms with van der Waals surface area (Å²) in [5, 5.41) is 1.58. The molecule has 0 aromatic heterocycles. The van der Waals surface area contributed by atoms with E-state index >= 15 is 0 Å². The van der Waals surface area contributed by atoms with Gasteiger partial charge in [-0.3, -0.25) is 0 Å². The van der Waals surface area contributed by atoms with Crippen LogP contribution in [-0.4, -0.2) is 17.9 Å². The fourth-order valence-electron chi connectivity index (χ4n) is 1.29. The van der Waals surface area contributed by atoms with Gasteiger partial charge in [-0.2, -0.15) is 0 Å². The van der Waals surface area contributed by atoms with Crippen molar-refractivity contribution in [3.05, 3.63) is 23.1 Å². The van der Waals surface area contributed by atoms with Gasteiger partial charge in [0.15, 0.2) is 5.41 Å². The van der Waals surface area contributed by atoms with Crippen LogP contribution in [0.15, 0.2) is 23.1 Å². The zero-order valence-electron chi connectivity index (χ0n) is 6.65. The van der Waals surface area contributed by atoms with Gasteiger partial charge in [-0.25, -0.2) is 8.42 Å². The first-order chi connectivity index (χ1) is 5.62. The lowest BCUT2D eigenvalue weighted by molar-refractivity contribution is 0.595. The molecule has 2 aliphatic rings. The van der Waals surface area contributed by atoms with Gasteiger partial charge in [0.2, 0.25) is 21.2 Å². The van der Waals surface area contributed by atoms with Crippen LogP contribution in [0.2, 0.25) is 0 Å². The fourth-order valence-corrected chi connectivity index (χ4v) is 4.31. The third-order valence-corrected chi connectivity index (χ3v) is 5.83. The lowest BCUT2D eigenvalue weighted by Gasteiger charge is -2.12. The highest BCUT2D eigenvalue weighted by molar-refractivity contribution is 8.18. The summed E-state index contributed by atoms with van der Waals surface area (Å²) in [6, 6.07) is 0. The van der Waals surface area contributed by atoms with Crippen molar-refractivity contribution < 1.29 is 8.42 Å². The number of hydrogen-bond acceptors (Lipinski definition) is 2. The predicted molar refractivity (Wildman–Crippen MR) is 52.6 cm³/mol. The van der Waals surface area contributed by atoms with Gasteiger partial charge < -0.3 is 0 Å². The maximum Gasteiger partial charge on any atom is 0.327 e. The number of sulfone groups is 1. The standard InChI is InChI=1S/C8H9O2S2/c1-6-2-3-7-4-5-11-8(7)12(6,9)10/h3-6H,2H2,1H3/q+1/t6-/m0/s1. The molecule has 0 saturated heterocycles. The number of fused-ring (bicyclic) bond motifs is 1. The minimum absolute atomic E-state index is 0.247. The van der Waals surface area contributed by atoms with E-state index in [1.54, 1.807) is 6.92 Å². The Kier molecular flexibility index (Phi) is 1.70. The van der Waals surface area contributed by atoms with Crippen molar-refractivity contribution in [1.82, 2.24) is 0 Å². The second-order valence-corrected chi connectivity index (χ2v) is 6.44. The van der Waals surface area contributed by atoms with Crippen molar-refractivity contribution in [3.8, 4) is 0 Å². The second-order valence-electron chi connectivity index (χ2n) is 2.96. The molecule has 0 saturated carbocycles. The van der Waals surface area contributed by atoms with E-state index in [0.29, 0.717) is 10.6 Å². The van der Waals surface area contributed by atoms with E-state index in [1.165, 1.54) is 11.4 Å². The summed E-state index contributed by atoms with van der Waals surface area (Å²) in [5.74, 6) is 0.